The molecule has 1 aromatic rings. The molecular formula is C9H11ClN4O3S. The third kappa shape index (κ3) is 2.44. The Labute approximate surface area is 109 Å². The summed E-state index contributed by atoms with van der Waals surface area (Å²) >= 11 is 0. The third-order valence-corrected chi connectivity index (χ3v) is 4.68. The summed E-state index contributed by atoms with van der Waals surface area (Å²) < 4.78 is 22.4. The van der Waals surface area contributed by atoms with Gasteiger partial charge in [-0.05, 0) is 13.8 Å². The van der Waals surface area contributed by atoms with Crippen molar-refractivity contribution in [1.29, 1.82) is 0 Å². The molecule has 1 atom stereocenters. The molecule has 0 spiro atoms. The molecule has 0 aliphatic carbocycles. The Bertz CT molecular complexity index is 604. The van der Waals surface area contributed by atoms with Crippen LogP contribution in [0, 0.1) is 13.8 Å². The molecule has 18 heavy (non-hydrogen) atoms. The molecule has 0 radical (unpaired) electrons. The number of amides is 1. The van der Waals surface area contributed by atoms with Crippen molar-refractivity contribution >= 4 is 31.6 Å². The SMILES string of the molecule is Cc1nnc(N2CC(S(=O)(=O)Cl)CC2=O)nc1C. The summed E-state index contributed by atoms with van der Waals surface area (Å²) in [4.78, 5) is 17.0. The van der Waals surface area contributed by atoms with E-state index in [9.17, 15) is 13.2 Å². The van der Waals surface area contributed by atoms with Crippen molar-refractivity contribution < 1.29 is 13.2 Å². The summed E-state index contributed by atoms with van der Waals surface area (Å²) in [6.45, 7) is 3.45. The average molecular weight is 291 g/mol. The Morgan fingerprint density at radius 3 is 2.44 bits per heavy atom. The van der Waals surface area contributed by atoms with Crippen molar-refractivity contribution in [1.82, 2.24) is 15.2 Å². The molecule has 0 saturated carbocycles. The van der Waals surface area contributed by atoms with Crippen LogP contribution in [0.4, 0.5) is 5.95 Å². The van der Waals surface area contributed by atoms with Crippen molar-refractivity contribution in [3.63, 3.8) is 0 Å². The lowest BCUT2D eigenvalue weighted by Crippen LogP contribution is -2.29. The molecule has 7 nitrogen and oxygen atoms in total. The van der Waals surface area contributed by atoms with Crippen LogP contribution in [0.1, 0.15) is 17.8 Å². The van der Waals surface area contributed by atoms with E-state index in [1.54, 1.807) is 13.8 Å². The summed E-state index contributed by atoms with van der Waals surface area (Å²) in [5.41, 5.74) is 1.30. The van der Waals surface area contributed by atoms with Gasteiger partial charge in [0.15, 0.2) is 0 Å². The number of anilines is 1. The molecule has 1 aliphatic heterocycles. The molecular weight excluding hydrogens is 280 g/mol. The monoisotopic (exact) mass is 290 g/mol. The maximum atomic E-state index is 11.7. The van der Waals surface area contributed by atoms with Crippen LogP contribution in [0.25, 0.3) is 0 Å². The van der Waals surface area contributed by atoms with Gasteiger partial charge in [0.2, 0.25) is 15.0 Å². The average Bonchev–Trinajstić information content (AvgIpc) is 2.64. The molecule has 1 fully saturated rings. The minimum Gasteiger partial charge on any atom is -0.278 e. The van der Waals surface area contributed by atoms with Crippen LogP contribution in [-0.2, 0) is 13.8 Å². The second kappa shape index (κ2) is 4.43. The van der Waals surface area contributed by atoms with Gasteiger partial charge in [-0.3, -0.25) is 9.69 Å². The van der Waals surface area contributed by atoms with E-state index in [2.05, 4.69) is 15.2 Å². The molecule has 2 rings (SSSR count). The van der Waals surface area contributed by atoms with Gasteiger partial charge in [0, 0.05) is 23.6 Å². The van der Waals surface area contributed by atoms with Crippen molar-refractivity contribution in [3.05, 3.63) is 11.4 Å². The van der Waals surface area contributed by atoms with E-state index in [1.165, 1.54) is 4.90 Å². The van der Waals surface area contributed by atoms with Crippen LogP contribution in [0.3, 0.4) is 0 Å². The van der Waals surface area contributed by atoms with Crippen LogP contribution in [0.5, 0.6) is 0 Å². The first-order valence-electron chi connectivity index (χ1n) is 5.21. The van der Waals surface area contributed by atoms with Crippen LogP contribution >= 0.6 is 10.7 Å². The lowest BCUT2D eigenvalue weighted by atomic mass is 10.4. The first kappa shape index (κ1) is 13.2. The molecule has 1 aliphatic rings. The number of hydrogen-bond donors (Lipinski definition) is 0. The Morgan fingerprint density at radius 1 is 1.28 bits per heavy atom. The second-order valence-electron chi connectivity index (χ2n) is 4.09. The number of aryl methyl sites for hydroxylation is 2. The number of carbonyl (C=O) groups excluding carboxylic acids is 1. The van der Waals surface area contributed by atoms with Crippen LogP contribution in [0.2, 0.25) is 0 Å². The molecule has 1 aromatic heterocycles. The minimum atomic E-state index is -3.76. The molecule has 2 heterocycles. The smallest absolute Gasteiger partial charge is 0.252 e. The van der Waals surface area contributed by atoms with Crippen molar-refractivity contribution in [2.24, 2.45) is 0 Å². The standard InChI is InChI=1S/C9H11ClN4O3S/c1-5-6(2)12-13-9(11-5)14-4-7(3-8(14)15)18(10,16)17/h7H,3-4H2,1-2H3. The van der Waals surface area contributed by atoms with Gasteiger partial charge in [-0.1, -0.05) is 0 Å². The van der Waals surface area contributed by atoms with Gasteiger partial charge >= 0.3 is 0 Å². The largest absolute Gasteiger partial charge is 0.278 e. The topological polar surface area (TPSA) is 93.1 Å². The van der Waals surface area contributed by atoms with Gasteiger partial charge in [0.1, 0.15) is 5.25 Å². The molecule has 1 unspecified atom stereocenters. The fraction of sp³-hybridized carbons (Fsp3) is 0.556. The lowest BCUT2D eigenvalue weighted by Gasteiger charge is -2.13. The molecule has 9 heteroatoms. The first-order valence-corrected chi connectivity index (χ1v) is 7.58. The second-order valence-corrected chi connectivity index (χ2v) is 7.00. The quantitative estimate of drug-likeness (QED) is 0.721. The van der Waals surface area contributed by atoms with Gasteiger partial charge in [-0.2, -0.15) is 5.10 Å². The Balaban J connectivity index is 2.30. The molecule has 1 saturated heterocycles. The van der Waals surface area contributed by atoms with E-state index in [-0.39, 0.29) is 24.8 Å². The van der Waals surface area contributed by atoms with Crippen molar-refractivity contribution in [2.45, 2.75) is 25.5 Å². The van der Waals surface area contributed by atoms with Gasteiger partial charge < -0.3 is 0 Å². The number of hydrogen-bond acceptors (Lipinski definition) is 6. The lowest BCUT2D eigenvalue weighted by molar-refractivity contribution is -0.117. The maximum Gasteiger partial charge on any atom is 0.252 e. The zero-order chi connectivity index (χ0) is 13.5. The van der Waals surface area contributed by atoms with Crippen LogP contribution < -0.4 is 4.90 Å². The molecule has 98 valence electrons. The third-order valence-electron chi connectivity index (χ3n) is 2.81. The van der Waals surface area contributed by atoms with Crippen LogP contribution in [-0.4, -0.2) is 41.3 Å². The summed E-state index contributed by atoms with van der Waals surface area (Å²) in [5.74, 6) is -0.250. The van der Waals surface area contributed by atoms with Gasteiger partial charge in [-0.25, -0.2) is 13.4 Å². The van der Waals surface area contributed by atoms with Gasteiger partial charge in [0.05, 0.1) is 11.4 Å². The Kier molecular flexibility index (Phi) is 3.24. The van der Waals surface area contributed by atoms with E-state index >= 15 is 0 Å². The van der Waals surface area contributed by atoms with E-state index < -0.39 is 14.3 Å². The minimum absolute atomic E-state index is 0.0329. The summed E-state index contributed by atoms with van der Waals surface area (Å²) in [6, 6.07) is 0. The summed E-state index contributed by atoms with van der Waals surface area (Å²) in [5, 5.41) is 6.73. The van der Waals surface area contributed by atoms with E-state index in [0.29, 0.717) is 11.4 Å². The number of rotatable bonds is 2. The van der Waals surface area contributed by atoms with E-state index in [4.69, 9.17) is 10.7 Å². The number of nitrogens with zero attached hydrogens (tertiary/aromatic N) is 4. The predicted octanol–water partition coefficient (Wildman–Crippen LogP) is 0.162. The summed E-state index contributed by atoms with van der Waals surface area (Å²) in [6.07, 6.45) is -0.151. The Hall–Kier alpha value is -1.28. The normalized spacial score (nSPS) is 20.5. The molecule has 0 aromatic carbocycles. The summed E-state index contributed by atoms with van der Waals surface area (Å²) in [7, 11) is 1.49. The fourth-order valence-electron chi connectivity index (χ4n) is 1.62. The molecule has 0 bridgehead atoms. The van der Waals surface area contributed by atoms with E-state index in [1.807, 2.05) is 0 Å². The van der Waals surface area contributed by atoms with Gasteiger partial charge in [0.25, 0.3) is 5.95 Å². The predicted molar refractivity (Wildman–Crippen MR) is 64.8 cm³/mol. The Morgan fingerprint density at radius 2 is 1.94 bits per heavy atom. The first-order chi connectivity index (χ1) is 8.29. The van der Waals surface area contributed by atoms with Crippen molar-refractivity contribution in [2.75, 3.05) is 11.4 Å². The highest BCUT2D eigenvalue weighted by Crippen LogP contribution is 2.24. The number of carbonyl (C=O) groups is 1. The highest BCUT2D eigenvalue weighted by Gasteiger charge is 2.39. The maximum absolute atomic E-state index is 11.7. The van der Waals surface area contributed by atoms with E-state index in [0.717, 1.165) is 0 Å². The zero-order valence-electron chi connectivity index (χ0n) is 9.79. The highest BCUT2D eigenvalue weighted by molar-refractivity contribution is 8.14. The molecule has 0 N–H and O–H groups in total. The van der Waals surface area contributed by atoms with Crippen LogP contribution in [0.15, 0.2) is 0 Å². The van der Waals surface area contributed by atoms with Gasteiger partial charge in [-0.15, -0.1) is 5.10 Å². The zero-order valence-corrected chi connectivity index (χ0v) is 11.4. The highest BCUT2D eigenvalue weighted by atomic mass is 35.7. The fourth-order valence-corrected chi connectivity index (χ4v) is 2.64. The molecule has 1 amide bonds. The van der Waals surface area contributed by atoms with Crippen molar-refractivity contribution in [3.8, 4) is 0 Å². The number of aromatic nitrogens is 3. The number of halogens is 1.